The fourth-order valence-corrected chi connectivity index (χ4v) is 7.11. The number of likely N-dealkylation sites (tertiary alicyclic amines) is 1. The van der Waals surface area contributed by atoms with Crippen molar-refractivity contribution in [2.45, 2.75) is 116 Å². The number of nitrogens with one attached hydrogen (secondary N) is 2. The zero-order valence-electron chi connectivity index (χ0n) is 31.9. The number of aliphatic hydroxyl groups is 1. The van der Waals surface area contributed by atoms with Gasteiger partial charge in [-0.25, -0.2) is 0 Å². The van der Waals surface area contributed by atoms with Gasteiger partial charge in [-0.2, -0.15) is 0 Å². The second kappa shape index (κ2) is 18.8. The van der Waals surface area contributed by atoms with Gasteiger partial charge in [0.2, 0.25) is 11.8 Å². The van der Waals surface area contributed by atoms with Crippen molar-refractivity contribution in [1.82, 2.24) is 15.5 Å². The molecule has 2 aliphatic rings. The van der Waals surface area contributed by atoms with Gasteiger partial charge in [-0.1, -0.05) is 74.0 Å². The van der Waals surface area contributed by atoms with Gasteiger partial charge in [-0.15, -0.1) is 0 Å². The number of hydrogen-bond acceptors (Lipinski definition) is 8. The summed E-state index contributed by atoms with van der Waals surface area (Å²) in [7, 11) is 0. The van der Waals surface area contributed by atoms with Crippen molar-refractivity contribution in [3.05, 3.63) is 95.1 Å². The molecule has 0 aliphatic carbocycles. The van der Waals surface area contributed by atoms with Crippen LogP contribution in [0.1, 0.15) is 108 Å². The van der Waals surface area contributed by atoms with Crippen molar-refractivity contribution in [2.75, 3.05) is 19.6 Å². The van der Waals surface area contributed by atoms with Gasteiger partial charge in [0.15, 0.2) is 6.29 Å². The molecule has 3 aromatic rings. The van der Waals surface area contributed by atoms with E-state index in [0.29, 0.717) is 26.1 Å². The molecule has 10 heteroatoms. The predicted octanol–water partition coefficient (Wildman–Crippen LogP) is 6.76. The van der Waals surface area contributed by atoms with Gasteiger partial charge in [0.1, 0.15) is 11.6 Å². The van der Waals surface area contributed by atoms with Crippen molar-refractivity contribution in [3.8, 4) is 11.1 Å². The Kier molecular flexibility index (Phi) is 14.2. The summed E-state index contributed by atoms with van der Waals surface area (Å²) in [5.41, 5.74) is 5.20. The van der Waals surface area contributed by atoms with Crippen LogP contribution in [-0.2, 0) is 41.7 Å². The van der Waals surface area contributed by atoms with Gasteiger partial charge in [0.25, 0.3) is 0 Å². The van der Waals surface area contributed by atoms with E-state index < -0.39 is 11.9 Å². The second-order valence-corrected chi connectivity index (χ2v) is 15.4. The molecule has 5 atom stereocenters. The Labute approximate surface area is 314 Å². The first-order valence-corrected chi connectivity index (χ1v) is 19.1. The molecule has 3 aromatic carbocycles. The van der Waals surface area contributed by atoms with E-state index in [1.165, 1.54) is 6.92 Å². The standard InChI is InChI=1S/C43H57N3O7/c1-29-38(27-46-23-11-16-37(46)41(50)53-43(3,4)5)51-42(52-40(29)33-20-18-31(28-47)19-21-33)36-15-10-14-35(25-36)34-13-9-12-32(24-34)26-45-39(49)17-7-6-8-22-44-30(2)48/h9-10,12-15,18-21,24-25,29,37-38,40,42,47H,6-8,11,16-17,22-23,26-28H2,1-5H3,(H,44,48)(H,45,49). The predicted molar refractivity (Wildman–Crippen MR) is 204 cm³/mol. The van der Waals surface area contributed by atoms with E-state index >= 15 is 0 Å². The van der Waals surface area contributed by atoms with Crippen LogP contribution in [0.15, 0.2) is 72.8 Å². The molecule has 10 nitrogen and oxygen atoms in total. The molecule has 2 fully saturated rings. The third-order valence-corrected chi connectivity index (χ3v) is 9.94. The lowest BCUT2D eigenvalue weighted by Gasteiger charge is -2.43. The maximum Gasteiger partial charge on any atom is 0.323 e. The molecular weight excluding hydrogens is 670 g/mol. The number of carbonyl (C=O) groups is 3. The van der Waals surface area contributed by atoms with E-state index in [2.05, 4.69) is 46.7 Å². The maximum atomic E-state index is 13.2. The number of hydrogen-bond donors (Lipinski definition) is 3. The van der Waals surface area contributed by atoms with Gasteiger partial charge < -0.3 is 30.0 Å². The van der Waals surface area contributed by atoms with Gasteiger partial charge in [-0.3, -0.25) is 19.3 Å². The minimum atomic E-state index is -0.651. The third kappa shape index (κ3) is 11.7. The average Bonchev–Trinajstić information content (AvgIpc) is 3.61. The van der Waals surface area contributed by atoms with Gasteiger partial charge in [0, 0.05) is 44.5 Å². The van der Waals surface area contributed by atoms with Crippen LogP contribution in [0.3, 0.4) is 0 Å². The number of benzene rings is 3. The van der Waals surface area contributed by atoms with Crippen LogP contribution in [0.4, 0.5) is 0 Å². The molecule has 2 saturated heterocycles. The molecule has 2 amide bonds. The normalized spacial score (nSPS) is 22.0. The lowest BCUT2D eigenvalue weighted by atomic mass is 9.89. The number of esters is 1. The Bertz CT molecular complexity index is 1670. The lowest BCUT2D eigenvalue weighted by molar-refractivity contribution is -0.276. The summed E-state index contributed by atoms with van der Waals surface area (Å²) in [5, 5.41) is 15.5. The summed E-state index contributed by atoms with van der Waals surface area (Å²) in [6.07, 6.45) is 3.49. The molecule has 0 bridgehead atoms. The van der Waals surface area contributed by atoms with E-state index in [-0.39, 0.29) is 48.6 Å². The fourth-order valence-electron chi connectivity index (χ4n) is 7.11. The molecule has 0 spiro atoms. The highest BCUT2D eigenvalue weighted by Gasteiger charge is 2.42. The molecule has 0 saturated carbocycles. The van der Waals surface area contributed by atoms with Gasteiger partial charge in [-0.05, 0) is 92.9 Å². The minimum Gasteiger partial charge on any atom is -0.459 e. The highest BCUT2D eigenvalue weighted by atomic mass is 16.7. The highest BCUT2D eigenvalue weighted by molar-refractivity contribution is 5.77. The van der Waals surface area contributed by atoms with E-state index in [0.717, 1.165) is 72.0 Å². The van der Waals surface area contributed by atoms with Crippen LogP contribution in [0.25, 0.3) is 11.1 Å². The van der Waals surface area contributed by atoms with Crippen molar-refractivity contribution < 1.29 is 33.7 Å². The van der Waals surface area contributed by atoms with Crippen LogP contribution in [-0.4, -0.2) is 65.2 Å². The summed E-state index contributed by atoms with van der Waals surface area (Å²) < 4.78 is 19.4. The number of amides is 2. The SMILES string of the molecule is CC(=O)NCCCCCC(=O)NCc1cccc(-c2cccc(C3OC(CN4CCCC4C(=O)OC(C)(C)C)C(C)C(c4ccc(CO)cc4)O3)c2)c1. The largest absolute Gasteiger partial charge is 0.459 e. The average molecular weight is 728 g/mol. The molecule has 0 aromatic heterocycles. The number of unbranched alkanes of at least 4 members (excludes halogenated alkanes) is 2. The number of aliphatic hydroxyl groups excluding tert-OH is 1. The summed E-state index contributed by atoms with van der Waals surface area (Å²) in [6, 6.07) is 23.9. The van der Waals surface area contributed by atoms with Crippen molar-refractivity contribution >= 4 is 17.8 Å². The van der Waals surface area contributed by atoms with Crippen molar-refractivity contribution in [1.29, 1.82) is 0 Å². The van der Waals surface area contributed by atoms with E-state index in [4.69, 9.17) is 14.2 Å². The summed E-state index contributed by atoms with van der Waals surface area (Å²) in [5.74, 6) is -0.230. The second-order valence-electron chi connectivity index (χ2n) is 15.4. The zero-order chi connectivity index (χ0) is 38.0. The number of carbonyl (C=O) groups excluding carboxylic acids is 3. The van der Waals surface area contributed by atoms with Crippen LogP contribution >= 0.6 is 0 Å². The Morgan fingerprint density at radius 2 is 1.62 bits per heavy atom. The first-order chi connectivity index (χ1) is 25.4. The summed E-state index contributed by atoms with van der Waals surface area (Å²) >= 11 is 0. The number of ether oxygens (including phenoxy) is 3. The van der Waals surface area contributed by atoms with Crippen LogP contribution in [0, 0.1) is 5.92 Å². The molecular formula is C43H57N3O7. The lowest BCUT2D eigenvalue weighted by Crippen LogP contribution is -2.48. The van der Waals surface area contributed by atoms with Gasteiger partial charge in [0.05, 0.1) is 18.8 Å². The Hall–Kier alpha value is -4.09. The molecule has 286 valence electrons. The first-order valence-electron chi connectivity index (χ1n) is 19.1. The Morgan fingerprint density at radius 3 is 2.34 bits per heavy atom. The molecule has 5 rings (SSSR count). The molecule has 0 radical (unpaired) electrons. The van der Waals surface area contributed by atoms with E-state index in [9.17, 15) is 19.5 Å². The van der Waals surface area contributed by atoms with Crippen LogP contribution in [0.5, 0.6) is 0 Å². The van der Waals surface area contributed by atoms with Crippen LogP contribution < -0.4 is 10.6 Å². The van der Waals surface area contributed by atoms with E-state index in [1.54, 1.807) is 0 Å². The third-order valence-electron chi connectivity index (χ3n) is 9.94. The Morgan fingerprint density at radius 1 is 0.887 bits per heavy atom. The molecule has 53 heavy (non-hydrogen) atoms. The first kappa shape index (κ1) is 40.1. The quantitative estimate of drug-likeness (QED) is 0.116. The van der Waals surface area contributed by atoms with Gasteiger partial charge >= 0.3 is 5.97 Å². The monoisotopic (exact) mass is 727 g/mol. The Balaban J connectivity index is 1.29. The molecule has 5 unspecified atom stereocenters. The molecule has 2 aliphatic heterocycles. The highest BCUT2D eigenvalue weighted by Crippen LogP contribution is 2.43. The number of nitrogens with zero attached hydrogens (tertiary/aromatic N) is 1. The van der Waals surface area contributed by atoms with Crippen molar-refractivity contribution in [3.63, 3.8) is 0 Å². The summed E-state index contributed by atoms with van der Waals surface area (Å²) in [6.45, 7) is 11.8. The summed E-state index contributed by atoms with van der Waals surface area (Å²) in [4.78, 5) is 38.9. The molecule has 2 heterocycles. The fraction of sp³-hybridized carbons (Fsp3) is 0.512. The minimum absolute atomic E-state index is 0.0132. The maximum absolute atomic E-state index is 13.2. The molecule has 3 N–H and O–H groups in total. The van der Waals surface area contributed by atoms with Crippen LogP contribution in [0.2, 0.25) is 0 Å². The van der Waals surface area contributed by atoms with Crippen molar-refractivity contribution in [2.24, 2.45) is 5.92 Å². The topological polar surface area (TPSA) is 126 Å². The number of rotatable bonds is 15. The smallest absolute Gasteiger partial charge is 0.323 e. The van der Waals surface area contributed by atoms with E-state index in [1.807, 2.05) is 69.3 Å². The zero-order valence-corrected chi connectivity index (χ0v) is 31.9.